The van der Waals surface area contributed by atoms with Crippen molar-refractivity contribution in [1.82, 2.24) is 9.97 Å². The predicted octanol–water partition coefficient (Wildman–Crippen LogP) is 3.47. The van der Waals surface area contributed by atoms with E-state index >= 15 is 0 Å². The number of nitrogens with one attached hydrogen (secondary N) is 2. The number of carbonyl (C=O) groups excluding carboxylic acids is 2. The Hall–Kier alpha value is -2.67. The summed E-state index contributed by atoms with van der Waals surface area (Å²) in [7, 11) is 0. The van der Waals surface area contributed by atoms with Gasteiger partial charge in [-0.2, -0.15) is 0 Å². The van der Waals surface area contributed by atoms with Crippen LogP contribution in [0.5, 0.6) is 0 Å². The molecular weight excluding hydrogens is 338 g/mol. The Labute approximate surface area is 148 Å². The van der Waals surface area contributed by atoms with E-state index in [1.54, 1.807) is 6.92 Å². The van der Waals surface area contributed by atoms with Crippen molar-refractivity contribution in [3.63, 3.8) is 0 Å². The zero-order valence-electron chi connectivity index (χ0n) is 13.7. The van der Waals surface area contributed by atoms with Crippen molar-refractivity contribution in [3.05, 3.63) is 46.6 Å². The third-order valence-corrected chi connectivity index (χ3v) is 5.33. The quantitative estimate of drug-likeness (QED) is 0.702. The molecule has 1 aliphatic rings. The first-order valence-corrected chi connectivity index (χ1v) is 9.02. The fourth-order valence-electron chi connectivity index (χ4n) is 3.11. The van der Waals surface area contributed by atoms with Gasteiger partial charge in [-0.15, -0.1) is 11.3 Å². The van der Waals surface area contributed by atoms with Gasteiger partial charge in [0, 0.05) is 15.8 Å². The Morgan fingerprint density at radius 3 is 3.04 bits per heavy atom. The molecule has 1 atom stereocenters. The van der Waals surface area contributed by atoms with Crippen molar-refractivity contribution >= 4 is 39.2 Å². The van der Waals surface area contributed by atoms with E-state index in [1.165, 1.54) is 11.3 Å². The molecule has 2 heterocycles. The fourth-order valence-corrected chi connectivity index (χ4v) is 4.15. The van der Waals surface area contributed by atoms with Crippen molar-refractivity contribution in [2.75, 3.05) is 11.9 Å². The topological polar surface area (TPSA) is 84.1 Å². The number of rotatable bonds is 4. The van der Waals surface area contributed by atoms with E-state index in [0.717, 1.165) is 34.3 Å². The molecule has 25 heavy (non-hydrogen) atoms. The molecule has 0 fully saturated rings. The molecule has 4 rings (SSSR count). The van der Waals surface area contributed by atoms with Crippen LogP contribution < -0.4 is 5.32 Å². The Kier molecular flexibility index (Phi) is 4.01. The number of anilines is 1. The van der Waals surface area contributed by atoms with Crippen LogP contribution in [0.4, 0.5) is 5.13 Å². The predicted molar refractivity (Wildman–Crippen MR) is 96.1 cm³/mol. The summed E-state index contributed by atoms with van der Waals surface area (Å²) in [6, 6.07) is 9.53. The number of hydrogen-bond donors (Lipinski definition) is 2. The molecule has 0 spiro atoms. The molecule has 6 nitrogen and oxygen atoms in total. The minimum Gasteiger partial charge on any atom is -0.465 e. The summed E-state index contributed by atoms with van der Waals surface area (Å²) in [5, 5.41) is 4.32. The third kappa shape index (κ3) is 2.91. The van der Waals surface area contributed by atoms with Gasteiger partial charge in [0.15, 0.2) is 5.13 Å². The average Bonchev–Trinajstić information content (AvgIpc) is 3.27. The highest BCUT2D eigenvalue weighted by Crippen LogP contribution is 2.39. The van der Waals surface area contributed by atoms with E-state index < -0.39 is 0 Å². The maximum absolute atomic E-state index is 12.5. The van der Waals surface area contributed by atoms with E-state index in [1.807, 2.05) is 30.3 Å². The molecule has 7 heteroatoms. The van der Waals surface area contributed by atoms with Gasteiger partial charge >= 0.3 is 5.97 Å². The van der Waals surface area contributed by atoms with Gasteiger partial charge in [0.2, 0.25) is 0 Å². The number of nitrogens with zero attached hydrogens (tertiary/aromatic N) is 1. The molecule has 0 aliphatic heterocycles. The zero-order valence-corrected chi connectivity index (χ0v) is 14.5. The first-order valence-electron chi connectivity index (χ1n) is 8.21. The monoisotopic (exact) mass is 355 g/mol. The number of aryl methyl sites for hydroxylation is 1. The maximum atomic E-state index is 12.5. The normalized spacial score (nSPS) is 16.0. The number of ether oxygens (including phenoxy) is 1. The Morgan fingerprint density at radius 1 is 1.40 bits per heavy atom. The van der Waals surface area contributed by atoms with E-state index in [0.29, 0.717) is 17.4 Å². The summed E-state index contributed by atoms with van der Waals surface area (Å²) in [5.74, 6) is -0.790. The summed E-state index contributed by atoms with van der Waals surface area (Å²) < 4.78 is 5.11. The summed E-state index contributed by atoms with van der Waals surface area (Å²) in [5.41, 5.74) is 2.14. The number of H-pyrrole nitrogens is 1. The van der Waals surface area contributed by atoms with Gasteiger partial charge in [0.1, 0.15) is 11.6 Å². The Morgan fingerprint density at radius 2 is 2.24 bits per heavy atom. The lowest BCUT2D eigenvalue weighted by Gasteiger charge is -2.07. The molecule has 0 saturated carbocycles. The minimum absolute atomic E-state index is 0.236. The first kappa shape index (κ1) is 15.8. The SMILES string of the molecule is CCOC(=O)C1CCc2sc(NC(=O)c3cc4ccccc4[nH]3)nc21. The summed E-state index contributed by atoms with van der Waals surface area (Å²) >= 11 is 1.43. The second kappa shape index (κ2) is 6.33. The number of esters is 1. The van der Waals surface area contributed by atoms with Gasteiger partial charge < -0.3 is 9.72 Å². The standard InChI is InChI=1S/C18H17N3O3S/c1-2-24-17(23)11-7-8-14-15(11)20-18(25-14)21-16(22)13-9-10-5-3-4-6-12(10)19-13/h3-6,9,11,19H,2,7-8H2,1H3,(H,20,21,22). The van der Waals surface area contributed by atoms with Crippen LogP contribution in [0.25, 0.3) is 10.9 Å². The second-order valence-electron chi connectivity index (χ2n) is 5.90. The van der Waals surface area contributed by atoms with Crippen LogP contribution in [0.15, 0.2) is 30.3 Å². The summed E-state index contributed by atoms with van der Waals surface area (Å²) in [6.45, 7) is 2.15. The van der Waals surface area contributed by atoms with Crippen LogP contribution >= 0.6 is 11.3 Å². The van der Waals surface area contributed by atoms with Crippen molar-refractivity contribution in [1.29, 1.82) is 0 Å². The molecule has 3 aromatic rings. The highest BCUT2D eigenvalue weighted by Gasteiger charge is 2.33. The number of para-hydroxylation sites is 1. The van der Waals surface area contributed by atoms with Crippen molar-refractivity contribution in [2.45, 2.75) is 25.7 Å². The molecule has 1 aliphatic carbocycles. The summed E-state index contributed by atoms with van der Waals surface area (Å²) in [4.78, 5) is 33.1. The molecular formula is C18H17N3O3S. The lowest BCUT2D eigenvalue weighted by Crippen LogP contribution is -2.15. The average molecular weight is 355 g/mol. The molecule has 2 aromatic heterocycles. The van der Waals surface area contributed by atoms with E-state index in [2.05, 4.69) is 15.3 Å². The molecule has 2 N–H and O–H groups in total. The minimum atomic E-state index is -0.315. The number of benzene rings is 1. The number of amides is 1. The molecule has 0 radical (unpaired) electrons. The lowest BCUT2D eigenvalue weighted by molar-refractivity contribution is -0.145. The second-order valence-corrected chi connectivity index (χ2v) is 6.98. The van der Waals surface area contributed by atoms with Gasteiger partial charge in [-0.05, 0) is 31.9 Å². The fraction of sp³-hybridized carbons (Fsp3) is 0.278. The number of fused-ring (bicyclic) bond motifs is 2. The van der Waals surface area contributed by atoms with Crippen molar-refractivity contribution < 1.29 is 14.3 Å². The molecule has 1 aromatic carbocycles. The number of hydrogen-bond acceptors (Lipinski definition) is 5. The number of thiazole rings is 1. The number of aromatic nitrogens is 2. The Bertz CT molecular complexity index is 927. The van der Waals surface area contributed by atoms with Gasteiger partial charge in [-0.1, -0.05) is 18.2 Å². The largest absolute Gasteiger partial charge is 0.465 e. The highest BCUT2D eigenvalue weighted by atomic mass is 32.1. The number of carbonyl (C=O) groups is 2. The van der Waals surface area contributed by atoms with Crippen LogP contribution in [0, 0.1) is 0 Å². The van der Waals surface area contributed by atoms with Crippen LogP contribution in [0.1, 0.15) is 40.3 Å². The molecule has 1 amide bonds. The van der Waals surface area contributed by atoms with Crippen LogP contribution in [-0.4, -0.2) is 28.5 Å². The van der Waals surface area contributed by atoms with Crippen molar-refractivity contribution in [2.24, 2.45) is 0 Å². The molecule has 1 unspecified atom stereocenters. The van der Waals surface area contributed by atoms with Gasteiger partial charge in [0.05, 0.1) is 12.3 Å². The van der Waals surface area contributed by atoms with Crippen LogP contribution in [0.2, 0.25) is 0 Å². The third-order valence-electron chi connectivity index (χ3n) is 4.28. The first-order chi connectivity index (χ1) is 12.2. The summed E-state index contributed by atoms with van der Waals surface area (Å²) in [6.07, 6.45) is 1.52. The Balaban J connectivity index is 1.53. The maximum Gasteiger partial charge on any atom is 0.315 e. The van der Waals surface area contributed by atoms with E-state index in [-0.39, 0.29) is 17.8 Å². The smallest absolute Gasteiger partial charge is 0.315 e. The van der Waals surface area contributed by atoms with E-state index in [9.17, 15) is 9.59 Å². The molecule has 128 valence electrons. The van der Waals surface area contributed by atoms with Crippen LogP contribution in [0.3, 0.4) is 0 Å². The van der Waals surface area contributed by atoms with Gasteiger partial charge in [0.25, 0.3) is 5.91 Å². The lowest BCUT2D eigenvalue weighted by atomic mass is 10.1. The molecule has 0 saturated heterocycles. The zero-order chi connectivity index (χ0) is 17.4. The van der Waals surface area contributed by atoms with Crippen LogP contribution in [-0.2, 0) is 16.0 Å². The van der Waals surface area contributed by atoms with E-state index in [4.69, 9.17) is 4.74 Å². The molecule has 0 bridgehead atoms. The highest BCUT2D eigenvalue weighted by molar-refractivity contribution is 7.16. The van der Waals surface area contributed by atoms with Gasteiger partial charge in [-0.25, -0.2) is 4.98 Å². The van der Waals surface area contributed by atoms with Crippen molar-refractivity contribution in [3.8, 4) is 0 Å². The van der Waals surface area contributed by atoms with Gasteiger partial charge in [-0.3, -0.25) is 14.9 Å². The number of aromatic amines is 1.